The predicted molar refractivity (Wildman–Crippen MR) is 81.6 cm³/mol. The molecule has 0 radical (unpaired) electrons. The molecule has 1 saturated carbocycles. The monoisotopic (exact) mass is 300 g/mol. The van der Waals surface area contributed by atoms with Gasteiger partial charge in [-0.1, -0.05) is 42.8 Å². The van der Waals surface area contributed by atoms with Crippen LogP contribution in [0, 0.1) is 5.82 Å². The maximum Gasteiger partial charge on any atom is 0.157 e. The Bertz CT molecular complexity index is 467. The van der Waals surface area contributed by atoms with E-state index >= 15 is 0 Å². The van der Waals surface area contributed by atoms with E-state index in [4.69, 9.17) is 4.99 Å². The van der Waals surface area contributed by atoms with Gasteiger partial charge in [-0.15, -0.1) is 12.4 Å². The highest BCUT2D eigenvalue weighted by atomic mass is 35.5. The number of thioether (sulfide) groups is 1. The second-order valence-electron chi connectivity index (χ2n) is 4.92. The maximum atomic E-state index is 13.5. The number of hydrogen-bond acceptors (Lipinski definition) is 3. The van der Waals surface area contributed by atoms with Gasteiger partial charge in [-0.05, 0) is 24.5 Å². The Morgan fingerprint density at radius 1 is 1.26 bits per heavy atom. The van der Waals surface area contributed by atoms with Crippen molar-refractivity contribution >= 4 is 29.3 Å². The van der Waals surface area contributed by atoms with Crippen molar-refractivity contribution in [2.24, 2.45) is 4.99 Å². The Morgan fingerprint density at radius 3 is 2.84 bits per heavy atom. The first-order valence-electron chi connectivity index (χ1n) is 6.53. The van der Waals surface area contributed by atoms with Gasteiger partial charge in [-0.2, -0.15) is 0 Å². The topological polar surface area (TPSA) is 24.4 Å². The summed E-state index contributed by atoms with van der Waals surface area (Å²) in [6.07, 6.45) is 5.01. The van der Waals surface area contributed by atoms with Crippen molar-refractivity contribution in [2.75, 3.05) is 0 Å². The van der Waals surface area contributed by atoms with Crippen LogP contribution in [0.2, 0.25) is 0 Å². The molecule has 1 N–H and O–H groups in total. The molecule has 3 rings (SSSR count). The average molecular weight is 301 g/mol. The van der Waals surface area contributed by atoms with Crippen LogP contribution in [-0.4, -0.2) is 17.3 Å². The second-order valence-corrected chi connectivity index (χ2v) is 5.88. The summed E-state index contributed by atoms with van der Waals surface area (Å²) in [5.41, 5.74) is 0.752. The van der Waals surface area contributed by atoms with Crippen LogP contribution in [0.1, 0.15) is 31.2 Å². The molecule has 19 heavy (non-hydrogen) atoms. The van der Waals surface area contributed by atoms with Gasteiger partial charge in [0.25, 0.3) is 0 Å². The van der Waals surface area contributed by atoms with E-state index in [1.807, 2.05) is 12.1 Å². The summed E-state index contributed by atoms with van der Waals surface area (Å²) in [5.74, 6) is 0.527. The molecular weight excluding hydrogens is 283 g/mol. The van der Waals surface area contributed by atoms with Crippen LogP contribution in [0.5, 0.6) is 0 Å². The van der Waals surface area contributed by atoms with Crippen LogP contribution in [0.3, 0.4) is 0 Å². The molecule has 2 aliphatic rings. The normalized spacial score (nSPS) is 25.0. The van der Waals surface area contributed by atoms with Gasteiger partial charge in [0.15, 0.2) is 5.17 Å². The minimum Gasteiger partial charge on any atom is -0.360 e. The SMILES string of the molecule is Cl.Fc1ccccc1CSC1=NC2CCCCC2N1. The Labute approximate surface area is 123 Å². The lowest BCUT2D eigenvalue weighted by Gasteiger charge is -2.23. The van der Waals surface area contributed by atoms with Gasteiger partial charge in [-0.3, -0.25) is 4.99 Å². The molecule has 0 saturated heterocycles. The van der Waals surface area contributed by atoms with E-state index in [0.717, 1.165) is 10.7 Å². The highest BCUT2D eigenvalue weighted by molar-refractivity contribution is 8.13. The number of fused-ring (bicyclic) bond motifs is 1. The first-order chi connectivity index (χ1) is 8.83. The molecule has 2 atom stereocenters. The highest BCUT2D eigenvalue weighted by Gasteiger charge is 2.30. The molecule has 0 bridgehead atoms. The van der Waals surface area contributed by atoms with Gasteiger partial charge >= 0.3 is 0 Å². The number of halogens is 2. The summed E-state index contributed by atoms with van der Waals surface area (Å²) >= 11 is 1.62. The zero-order valence-corrected chi connectivity index (χ0v) is 12.3. The second kappa shape index (κ2) is 6.62. The summed E-state index contributed by atoms with van der Waals surface area (Å²) in [6, 6.07) is 7.94. The molecule has 1 aliphatic carbocycles. The quantitative estimate of drug-likeness (QED) is 0.899. The van der Waals surface area contributed by atoms with E-state index in [1.54, 1.807) is 17.8 Å². The fourth-order valence-electron chi connectivity index (χ4n) is 2.62. The number of amidine groups is 1. The summed E-state index contributed by atoms with van der Waals surface area (Å²) in [6.45, 7) is 0. The van der Waals surface area contributed by atoms with Crippen molar-refractivity contribution in [3.8, 4) is 0 Å². The number of rotatable bonds is 2. The Balaban J connectivity index is 0.00000133. The first kappa shape index (κ1) is 14.7. The molecule has 0 amide bonds. The molecule has 1 aromatic carbocycles. The van der Waals surface area contributed by atoms with Gasteiger partial charge in [0, 0.05) is 5.75 Å². The number of nitrogens with zero attached hydrogens (tertiary/aromatic N) is 1. The van der Waals surface area contributed by atoms with Gasteiger partial charge in [0.1, 0.15) is 5.82 Å². The van der Waals surface area contributed by atoms with Crippen LogP contribution in [0.4, 0.5) is 4.39 Å². The average Bonchev–Trinajstić information content (AvgIpc) is 2.80. The third-order valence-corrected chi connectivity index (χ3v) is 4.60. The smallest absolute Gasteiger partial charge is 0.157 e. The molecule has 1 aliphatic heterocycles. The van der Waals surface area contributed by atoms with Gasteiger partial charge in [0.2, 0.25) is 0 Å². The van der Waals surface area contributed by atoms with Crippen molar-refractivity contribution in [3.05, 3.63) is 35.6 Å². The Morgan fingerprint density at radius 2 is 2.05 bits per heavy atom. The summed E-state index contributed by atoms with van der Waals surface area (Å²) in [5, 5.41) is 4.47. The third-order valence-electron chi connectivity index (χ3n) is 3.64. The minimum atomic E-state index is -0.124. The Kier molecular flexibility index (Phi) is 5.11. The van der Waals surface area contributed by atoms with Crippen LogP contribution in [-0.2, 0) is 5.75 Å². The van der Waals surface area contributed by atoms with Gasteiger partial charge < -0.3 is 5.32 Å². The van der Waals surface area contributed by atoms with E-state index in [9.17, 15) is 4.39 Å². The third kappa shape index (κ3) is 3.42. The van der Waals surface area contributed by atoms with Crippen LogP contribution in [0.15, 0.2) is 29.3 Å². The first-order valence-corrected chi connectivity index (χ1v) is 7.52. The fourth-order valence-corrected chi connectivity index (χ4v) is 3.59. The summed E-state index contributed by atoms with van der Waals surface area (Å²) in [4.78, 5) is 4.70. The molecule has 5 heteroatoms. The number of aliphatic imine (C=N–C) groups is 1. The van der Waals surface area contributed by atoms with Crippen LogP contribution >= 0.6 is 24.2 Å². The lowest BCUT2D eigenvalue weighted by Crippen LogP contribution is -2.36. The van der Waals surface area contributed by atoms with E-state index in [-0.39, 0.29) is 18.2 Å². The standard InChI is InChI=1S/C14H17FN2S.ClH/c15-11-6-2-1-5-10(11)9-18-14-16-12-7-3-4-8-13(12)17-14;/h1-2,5-6,12-13H,3-4,7-9H2,(H,16,17);1H. The molecule has 1 fully saturated rings. The molecule has 2 unspecified atom stereocenters. The van der Waals surface area contributed by atoms with Crippen LogP contribution in [0.25, 0.3) is 0 Å². The van der Waals surface area contributed by atoms with E-state index in [1.165, 1.54) is 31.7 Å². The van der Waals surface area contributed by atoms with Crippen molar-refractivity contribution in [1.82, 2.24) is 5.32 Å². The van der Waals surface area contributed by atoms with Gasteiger partial charge in [-0.25, -0.2) is 4.39 Å². The molecule has 104 valence electrons. The molecule has 1 aromatic rings. The molecule has 2 nitrogen and oxygen atoms in total. The molecular formula is C14H18ClFN2S. The number of hydrogen-bond donors (Lipinski definition) is 1. The number of nitrogens with one attached hydrogen (secondary N) is 1. The highest BCUT2D eigenvalue weighted by Crippen LogP contribution is 2.28. The molecule has 1 heterocycles. The van der Waals surface area contributed by atoms with E-state index < -0.39 is 0 Å². The number of benzene rings is 1. The Hall–Kier alpha value is -0.740. The summed E-state index contributed by atoms with van der Waals surface area (Å²) in [7, 11) is 0. The largest absolute Gasteiger partial charge is 0.360 e. The fraction of sp³-hybridized carbons (Fsp3) is 0.500. The van der Waals surface area contributed by atoms with Crippen molar-refractivity contribution in [1.29, 1.82) is 0 Å². The van der Waals surface area contributed by atoms with Gasteiger partial charge in [0.05, 0.1) is 12.1 Å². The zero-order chi connectivity index (χ0) is 12.4. The lowest BCUT2D eigenvalue weighted by molar-refractivity contribution is 0.385. The summed E-state index contributed by atoms with van der Waals surface area (Å²) < 4.78 is 13.5. The molecule has 0 spiro atoms. The molecule has 0 aromatic heterocycles. The van der Waals surface area contributed by atoms with Crippen LogP contribution < -0.4 is 5.32 Å². The van der Waals surface area contributed by atoms with Crippen molar-refractivity contribution < 1.29 is 4.39 Å². The maximum absolute atomic E-state index is 13.5. The van der Waals surface area contributed by atoms with E-state index in [2.05, 4.69) is 5.32 Å². The zero-order valence-electron chi connectivity index (χ0n) is 10.6. The minimum absolute atomic E-state index is 0. The van der Waals surface area contributed by atoms with Crippen molar-refractivity contribution in [3.63, 3.8) is 0 Å². The predicted octanol–water partition coefficient (Wildman–Crippen LogP) is 3.75. The van der Waals surface area contributed by atoms with E-state index in [0.29, 0.717) is 17.8 Å². The van der Waals surface area contributed by atoms with Crippen molar-refractivity contribution in [2.45, 2.75) is 43.5 Å². The lowest BCUT2D eigenvalue weighted by atomic mass is 9.92.